The highest BCUT2D eigenvalue weighted by atomic mass is 19.1. The summed E-state index contributed by atoms with van der Waals surface area (Å²) in [5.74, 6) is 0.455. The van der Waals surface area contributed by atoms with Gasteiger partial charge in [0.1, 0.15) is 17.7 Å². The Balaban J connectivity index is 1.74. The minimum atomic E-state index is -0.245. The number of benzene rings is 2. The van der Waals surface area contributed by atoms with Crippen LogP contribution in [0.1, 0.15) is 11.7 Å². The number of hydrogen-bond acceptors (Lipinski definition) is 3. The Bertz CT molecular complexity index is 567. The monoisotopic (exact) mass is 300 g/mol. The molecular formula is C18H21FN2O. The first kappa shape index (κ1) is 15.0. The van der Waals surface area contributed by atoms with E-state index in [0.717, 1.165) is 38.3 Å². The molecule has 1 aliphatic heterocycles. The molecule has 3 nitrogen and oxygen atoms in total. The molecule has 22 heavy (non-hydrogen) atoms. The van der Waals surface area contributed by atoms with Gasteiger partial charge in [0.25, 0.3) is 0 Å². The largest absolute Gasteiger partial charge is 0.484 e. The molecule has 1 N–H and O–H groups in total. The van der Waals surface area contributed by atoms with Gasteiger partial charge in [-0.15, -0.1) is 0 Å². The van der Waals surface area contributed by atoms with Crippen LogP contribution in [0.3, 0.4) is 0 Å². The van der Waals surface area contributed by atoms with Crippen LogP contribution in [-0.4, -0.2) is 37.6 Å². The fourth-order valence-electron chi connectivity index (χ4n) is 2.68. The molecule has 1 heterocycles. The lowest BCUT2D eigenvalue weighted by molar-refractivity contribution is 0.124. The molecule has 4 heteroatoms. The van der Waals surface area contributed by atoms with Gasteiger partial charge < -0.3 is 10.1 Å². The van der Waals surface area contributed by atoms with Crippen LogP contribution in [0, 0.1) is 5.82 Å². The van der Waals surface area contributed by atoms with Crippen LogP contribution in [0.4, 0.5) is 4.39 Å². The van der Waals surface area contributed by atoms with Crippen LogP contribution in [0.15, 0.2) is 54.6 Å². The molecule has 2 aromatic carbocycles. The summed E-state index contributed by atoms with van der Waals surface area (Å²) in [7, 11) is 0. The van der Waals surface area contributed by atoms with E-state index in [2.05, 4.69) is 22.3 Å². The van der Waals surface area contributed by atoms with E-state index in [-0.39, 0.29) is 11.9 Å². The lowest BCUT2D eigenvalue weighted by Crippen LogP contribution is -2.45. The molecular weight excluding hydrogens is 279 g/mol. The van der Waals surface area contributed by atoms with Crippen LogP contribution in [0.2, 0.25) is 0 Å². The highest BCUT2D eigenvalue weighted by Gasteiger charge is 2.19. The zero-order valence-electron chi connectivity index (χ0n) is 12.5. The molecule has 0 amide bonds. The fraction of sp³-hybridized carbons (Fsp3) is 0.333. The van der Waals surface area contributed by atoms with Crippen LogP contribution < -0.4 is 10.1 Å². The number of halogens is 1. The van der Waals surface area contributed by atoms with E-state index in [9.17, 15) is 4.39 Å². The zero-order chi connectivity index (χ0) is 15.2. The highest BCUT2D eigenvalue weighted by molar-refractivity contribution is 5.25. The predicted octanol–water partition coefficient (Wildman–Crippen LogP) is 2.85. The second-order valence-corrected chi connectivity index (χ2v) is 5.52. The third-order valence-electron chi connectivity index (χ3n) is 3.90. The van der Waals surface area contributed by atoms with Crippen molar-refractivity contribution in [1.29, 1.82) is 0 Å². The summed E-state index contributed by atoms with van der Waals surface area (Å²) in [6, 6.07) is 16.4. The molecule has 1 saturated heterocycles. The summed E-state index contributed by atoms with van der Waals surface area (Å²) in [5.41, 5.74) is 1.14. The van der Waals surface area contributed by atoms with Crippen molar-refractivity contribution in [2.75, 3.05) is 32.7 Å². The molecule has 0 radical (unpaired) electrons. The van der Waals surface area contributed by atoms with Gasteiger partial charge in [-0.2, -0.15) is 0 Å². The summed E-state index contributed by atoms with van der Waals surface area (Å²) in [6.45, 7) is 4.91. The summed E-state index contributed by atoms with van der Waals surface area (Å²) >= 11 is 0. The topological polar surface area (TPSA) is 24.5 Å². The number of hydrogen-bond donors (Lipinski definition) is 1. The van der Waals surface area contributed by atoms with Gasteiger partial charge in [-0.1, -0.05) is 30.3 Å². The normalized spacial score (nSPS) is 17.1. The minimum Gasteiger partial charge on any atom is -0.484 e. The van der Waals surface area contributed by atoms with Crippen molar-refractivity contribution in [2.45, 2.75) is 6.10 Å². The van der Waals surface area contributed by atoms with Crippen LogP contribution >= 0.6 is 0 Å². The van der Waals surface area contributed by atoms with Gasteiger partial charge in [-0.05, 0) is 29.8 Å². The van der Waals surface area contributed by atoms with E-state index in [0.29, 0.717) is 5.75 Å². The first-order chi connectivity index (χ1) is 10.8. The van der Waals surface area contributed by atoms with E-state index in [4.69, 9.17) is 4.74 Å². The Hall–Kier alpha value is -1.91. The molecule has 116 valence electrons. The summed E-state index contributed by atoms with van der Waals surface area (Å²) in [4.78, 5) is 2.40. The molecule has 0 bridgehead atoms. The second-order valence-electron chi connectivity index (χ2n) is 5.52. The second kappa shape index (κ2) is 7.38. The molecule has 1 aliphatic rings. The first-order valence-corrected chi connectivity index (χ1v) is 7.71. The molecule has 0 aliphatic carbocycles. The van der Waals surface area contributed by atoms with Gasteiger partial charge in [-0.3, -0.25) is 4.90 Å². The average molecular weight is 300 g/mol. The fourth-order valence-corrected chi connectivity index (χ4v) is 2.68. The lowest BCUT2D eigenvalue weighted by Gasteiger charge is -2.31. The van der Waals surface area contributed by atoms with E-state index in [1.165, 1.54) is 12.1 Å². The van der Waals surface area contributed by atoms with Crippen molar-refractivity contribution < 1.29 is 9.13 Å². The molecule has 1 unspecified atom stereocenters. The van der Waals surface area contributed by atoms with Crippen molar-refractivity contribution >= 4 is 0 Å². The summed E-state index contributed by atoms with van der Waals surface area (Å²) in [6.07, 6.45) is -0.0511. The van der Waals surface area contributed by atoms with Gasteiger partial charge in [0, 0.05) is 32.7 Å². The van der Waals surface area contributed by atoms with Crippen molar-refractivity contribution in [3.63, 3.8) is 0 Å². The zero-order valence-corrected chi connectivity index (χ0v) is 12.5. The van der Waals surface area contributed by atoms with Crippen LogP contribution in [0.25, 0.3) is 0 Å². The minimum absolute atomic E-state index is 0.0511. The molecule has 3 rings (SSSR count). The predicted molar refractivity (Wildman–Crippen MR) is 85.5 cm³/mol. The SMILES string of the molecule is Fc1ccc(OC(CN2CCNCC2)c2ccccc2)cc1. The van der Waals surface area contributed by atoms with Crippen molar-refractivity contribution in [1.82, 2.24) is 10.2 Å². The quantitative estimate of drug-likeness (QED) is 0.919. The van der Waals surface area contributed by atoms with Gasteiger partial charge in [0.05, 0.1) is 0 Å². The summed E-state index contributed by atoms with van der Waals surface area (Å²) < 4.78 is 19.2. The maximum Gasteiger partial charge on any atom is 0.136 e. The van der Waals surface area contributed by atoms with Gasteiger partial charge in [0.2, 0.25) is 0 Å². The Kier molecular flexibility index (Phi) is 5.03. The van der Waals surface area contributed by atoms with Crippen LogP contribution in [0.5, 0.6) is 5.75 Å². The molecule has 0 spiro atoms. The number of rotatable bonds is 5. The highest BCUT2D eigenvalue weighted by Crippen LogP contribution is 2.23. The van der Waals surface area contributed by atoms with Crippen molar-refractivity contribution in [3.05, 3.63) is 66.0 Å². The molecule has 1 atom stereocenters. The van der Waals surface area contributed by atoms with E-state index in [1.807, 2.05) is 18.2 Å². The first-order valence-electron chi connectivity index (χ1n) is 7.71. The molecule has 0 aromatic heterocycles. The van der Waals surface area contributed by atoms with E-state index < -0.39 is 0 Å². The van der Waals surface area contributed by atoms with E-state index >= 15 is 0 Å². The number of ether oxygens (including phenoxy) is 1. The maximum atomic E-state index is 13.0. The smallest absolute Gasteiger partial charge is 0.136 e. The third kappa shape index (κ3) is 4.06. The molecule has 1 fully saturated rings. The number of nitrogens with zero attached hydrogens (tertiary/aromatic N) is 1. The molecule has 2 aromatic rings. The number of piperazine rings is 1. The van der Waals surface area contributed by atoms with Crippen molar-refractivity contribution in [2.24, 2.45) is 0 Å². The summed E-state index contributed by atoms with van der Waals surface area (Å²) in [5, 5.41) is 3.36. The average Bonchev–Trinajstić information content (AvgIpc) is 2.58. The standard InChI is InChI=1S/C18H21FN2O/c19-16-6-8-17(9-7-16)22-18(15-4-2-1-3-5-15)14-21-12-10-20-11-13-21/h1-9,18,20H,10-14H2. The van der Waals surface area contributed by atoms with E-state index in [1.54, 1.807) is 12.1 Å². The molecule has 0 saturated carbocycles. The third-order valence-corrected chi connectivity index (χ3v) is 3.90. The maximum absolute atomic E-state index is 13.0. The number of nitrogens with one attached hydrogen (secondary N) is 1. The van der Waals surface area contributed by atoms with Gasteiger partial charge in [0.15, 0.2) is 0 Å². The Labute approximate surface area is 130 Å². The van der Waals surface area contributed by atoms with Crippen molar-refractivity contribution in [3.8, 4) is 5.75 Å². The van der Waals surface area contributed by atoms with Gasteiger partial charge in [-0.25, -0.2) is 4.39 Å². The van der Waals surface area contributed by atoms with Crippen LogP contribution in [-0.2, 0) is 0 Å². The Morgan fingerprint density at radius 1 is 1.00 bits per heavy atom. The Morgan fingerprint density at radius 3 is 2.36 bits per heavy atom. The van der Waals surface area contributed by atoms with Gasteiger partial charge >= 0.3 is 0 Å². The lowest BCUT2D eigenvalue weighted by atomic mass is 10.1. The Morgan fingerprint density at radius 2 is 1.68 bits per heavy atom.